The van der Waals surface area contributed by atoms with Gasteiger partial charge in [-0.2, -0.15) is 0 Å². The molecule has 0 N–H and O–H groups in total. The van der Waals surface area contributed by atoms with Crippen molar-refractivity contribution in [1.29, 1.82) is 0 Å². The molecular weight excluding hydrogens is 239 g/mol. The second-order valence-corrected chi connectivity index (χ2v) is 7.39. The highest BCUT2D eigenvalue weighted by Gasteiger charge is 2.36. The lowest BCUT2D eigenvalue weighted by Gasteiger charge is -2.36. The molecular formula is C12H24ClN2P. The van der Waals surface area contributed by atoms with Gasteiger partial charge in [-0.05, 0) is 38.5 Å². The van der Waals surface area contributed by atoms with Crippen molar-refractivity contribution in [3.8, 4) is 0 Å². The summed E-state index contributed by atoms with van der Waals surface area (Å²) in [6.07, 6.45) is 7.91. The van der Waals surface area contributed by atoms with Crippen LogP contribution in [0.25, 0.3) is 0 Å². The Balaban J connectivity index is 1.97. The Kier molecular flexibility index (Phi) is 4.90. The van der Waals surface area contributed by atoms with Gasteiger partial charge in [-0.25, -0.2) is 0 Å². The van der Waals surface area contributed by atoms with Crippen LogP contribution in [0.3, 0.4) is 0 Å². The molecule has 16 heavy (non-hydrogen) atoms. The van der Waals surface area contributed by atoms with Gasteiger partial charge in [0.15, 0.2) is 0 Å². The SMILES string of the molecule is CC[C@H]1CCCN1P(Cl)N1CCC[C@@H]1CC. The van der Waals surface area contributed by atoms with E-state index < -0.39 is 7.58 Å². The molecule has 2 aliphatic rings. The lowest BCUT2D eigenvalue weighted by molar-refractivity contribution is 0.351. The van der Waals surface area contributed by atoms with E-state index in [1.165, 1.54) is 51.6 Å². The minimum atomic E-state index is -0.534. The van der Waals surface area contributed by atoms with Gasteiger partial charge in [0.25, 0.3) is 0 Å². The summed E-state index contributed by atoms with van der Waals surface area (Å²) in [6, 6.07) is 1.50. The molecule has 0 aromatic carbocycles. The number of hydrogen-bond donors (Lipinski definition) is 0. The molecule has 2 fully saturated rings. The van der Waals surface area contributed by atoms with Gasteiger partial charge in [0.05, 0.1) is 0 Å². The van der Waals surface area contributed by atoms with Crippen LogP contribution in [0.15, 0.2) is 0 Å². The number of hydrogen-bond acceptors (Lipinski definition) is 2. The summed E-state index contributed by atoms with van der Waals surface area (Å²) in [4.78, 5) is 0. The predicted octanol–water partition coefficient (Wildman–Crippen LogP) is 4.20. The third-order valence-corrected chi connectivity index (χ3v) is 7.12. The van der Waals surface area contributed by atoms with Crippen LogP contribution in [0.4, 0.5) is 0 Å². The summed E-state index contributed by atoms with van der Waals surface area (Å²) in [7, 11) is -0.534. The van der Waals surface area contributed by atoms with Gasteiger partial charge in [0.1, 0.15) is 7.58 Å². The summed E-state index contributed by atoms with van der Waals surface area (Å²) in [5.74, 6) is 0. The fourth-order valence-electron chi connectivity index (χ4n) is 3.05. The lowest BCUT2D eigenvalue weighted by Crippen LogP contribution is -2.32. The quantitative estimate of drug-likeness (QED) is 0.701. The second-order valence-electron chi connectivity index (χ2n) is 4.98. The third kappa shape index (κ3) is 2.56. The minimum Gasteiger partial charge on any atom is -0.254 e. The molecule has 0 radical (unpaired) electrons. The van der Waals surface area contributed by atoms with Crippen LogP contribution in [-0.4, -0.2) is 34.5 Å². The first-order valence-electron chi connectivity index (χ1n) is 6.77. The van der Waals surface area contributed by atoms with Crippen molar-refractivity contribution in [2.24, 2.45) is 0 Å². The summed E-state index contributed by atoms with van der Waals surface area (Å²) in [6.45, 7) is 7.04. The van der Waals surface area contributed by atoms with Crippen LogP contribution in [0, 0.1) is 0 Å². The third-order valence-electron chi connectivity index (χ3n) is 4.06. The van der Waals surface area contributed by atoms with E-state index >= 15 is 0 Å². The van der Waals surface area contributed by atoms with Gasteiger partial charge in [0, 0.05) is 25.2 Å². The van der Waals surface area contributed by atoms with E-state index in [1.54, 1.807) is 0 Å². The van der Waals surface area contributed by atoms with E-state index in [1.807, 2.05) is 0 Å². The molecule has 2 atom stereocenters. The highest BCUT2D eigenvalue weighted by Crippen LogP contribution is 2.56. The zero-order valence-corrected chi connectivity index (χ0v) is 12.2. The van der Waals surface area contributed by atoms with Gasteiger partial charge in [-0.15, -0.1) is 0 Å². The van der Waals surface area contributed by atoms with Crippen LogP contribution in [0.2, 0.25) is 0 Å². The molecule has 0 aromatic rings. The summed E-state index contributed by atoms with van der Waals surface area (Å²) in [5, 5.41) is 0. The van der Waals surface area contributed by atoms with E-state index in [2.05, 4.69) is 23.2 Å². The Morgan fingerprint density at radius 1 is 1.00 bits per heavy atom. The van der Waals surface area contributed by atoms with Gasteiger partial charge in [0.2, 0.25) is 0 Å². The molecule has 2 nitrogen and oxygen atoms in total. The number of rotatable bonds is 4. The molecule has 0 saturated carbocycles. The Morgan fingerprint density at radius 2 is 1.44 bits per heavy atom. The molecule has 2 saturated heterocycles. The zero-order chi connectivity index (χ0) is 11.5. The fourth-order valence-corrected chi connectivity index (χ4v) is 6.25. The van der Waals surface area contributed by atoms with E-state index in [0.29, 0.717) is 0 Å². The van der Waals surface area contributed by atoms with E-state index in [0.717, 1.165) is 12.1 Å². The van der Waals surface area contributed by atoms with Crippen molar-refractivity contribution in [1.82, 2.24) is 9.34 Å². The van der Waals surface area contributed by atoms with E-state index in [-0.39, 0.29) is 0 Å². The van der Waals surface area contributed by atoms with Crippen LogP contribution in [0.1, 0.15) is 52.4 Å². The Morgan fingerprint density at radius 3 is 1.81 bits per heavy atom. The monoisotopic (exact) mass is 262 g/mol. The number of halogens is 1. The maximum atomic E-state index is 6.76. The highest BCUT2D eigenvalue weighted by molar-refractivity contribution is 7.80. The highest BCUT2D eigenvalue weighted by atomic mass is 35.7. The smallest absolute Gasteiger partial charge is 0.140 e. The lowest BCUT2D eigenvalue weighted by atomic mass is 10.2. The van der Waals surface area contributed by atoms with Crippen molar-refractivity contribution < 1.29 is 0 Å². The summed E-state index contributed by atoms with van der Waals surface area (Å²) in [5.41, 5.74) is 0. The molecule has 0 amide bonds. The minimum absolute atomic E-state index is 0.534. The molecule has 0 aliphatic carbocycles. The average Bonchev–Trinajstić information content (AvgIpc) is 2.96. The molecule has 0 unspecified atom stereocenters. The Labute approximate surface area is 106 Å². The van der Waals surface area contributed by atoms with E-state index in [9.17, 15) is 0 Å². The standard InChI is InChI=1S/C12H24ClN2P/c1-3-11-7-5-9-14(11)16(13)15-10-6-8-12(15)4-2/h11-12H,3-10H2,1-2H3/t11-,12-/m0/s1. The van der Waals surface area contributed by atoms with Crippen molar-refractivity contribution >= 4 is 18.8 Å². The maximum Gasteiger partial charge on any atom is 0.140 e. The Hall–Kier alpha value is 0.640. The fraction of sp³-hybridized carbons (Fsp3) is 1.00. The molecule has 2 heterocycles. The largest absolute Gasteiger partial charge is 0.254 e. The maximum absolute atomic E-state index is 6.76. The van der Waals surface area contributed by atoms with Crippen LogP contribution in [-0.2, 0) is 0 Å². The normalized spacial score (nSPS) is 33.0. The van der Waals surface area contributed by atoms with Crippen molar-refractivity contribution in [2.75, 3.05) is 13.1 Å². The second kappa shape index (κ2) is 6.00. The molecule has 2 aliphatic heterocycles. The van der Waals surface area contributed by atoms with Gasteiger partial charge < -0.3 is 0 Å². The first kappa shape index (κ1) is 13.1. The molecule has 4 heteroatoms. The van der Waals surface area contributed by atoms with Crippen LogP contribution >= 0.6 is 18.8 Å². The molecule has 2 rings (SSSR count). The van der Waals surface area contributed by atoms with Crippen molar-refractivity contribution in [3.05, 3.63) is 0 Å². The predicted molar refractivity (Wildman–Crippen MR) is 72.8 cm³/mol. The summed E-state index contributed by atoms with van der Waals surface area (Å²) >= 11 is 6.76. The van der Waals surface area contributed by atoms with Crippen molar-refractivity contribution in [2.45, 2.75) is 64.5 Å². The number of nitrogens with zero attached hydrogens (tertiary/aromatic N) is 2. The van der Waals surface area contributed by atoms with Gasteiger partial charge in [-0.1, -0.05) is 25.1 Å². The van der Waals surface area contributed by atoms with E-state index in [4.69, 9.17) is 11.2 Å². The van der Waals surface area contributed by atoms with Crippen LogP contribution in [0.5, 0.6) is 0 Å². The van der Waals surface area contributed by atoms with Crippen molar-refractivity contribution in [3.63, 3.8) is 0 Å². The molecule has 94 valence electrons. The first-order chi connectivity index (χ1) is 7.77. The molecule has 0 spiro atoms. The summed E-state index contributed by atoms with van der Waals surface area (Å²) < 4.78 is 5.18. The van der Waals surface area contributed by atoms with Gasteiger partial charge >= 0.3 is 0 Å². The zero-order valence-electron chi connectivity index (χ0n) is 10.5. The Bertz CT molecular complexity index is 205. The first-order valence-corrected chi connectivity index (χ1v) is 8.92. The topological polar surface area (TPSA) is 6.48 Å². The average molecular weight is 263 g/mol. The molecule has 0 bridgehead atoms. The van der Waals surface area contributed by atoms with Crippen LogP contribution < -0.4 is 0 Å². The van der Waals surface area contributed by atoms with Gasteiger partial charge in [-0.3, -0.25) is 9.34 Å². The molecule has 0 aromatic heterocycles.